The quantitative estimate of drug-likeness (QED) is 0.636. The zero-order valence-electron chi connectivity index (χ0n) is 10.1. The summed E-state index contributed by atoms with van der Waals surface area (Å²) in [5, 5.41) is 6.11. The van der Waals surface area contributed by atoms with Crippen LogP contribution in [0.25, 0.3) is 0 Å². The Labute approximate surface area is 96.9 Å². The SMILES string of the molecule is COC(CNC(=O)CC1CCCNC1)OC. The van der Waals surface area contributed by atoms with Crippen molar-refractivity contribution < 1.29 is 14.3 Å². The van der Waals surface area contributed by atoms with Crippen LogP contribution in [0.15, 0.2) is 0 Å². The molecule has 0 aromatic heterocycles. The highest BCUT2D eigenvalue weighted by Crippen LogP contribution is 2.13. The lowest BCUT2D eigenvalue weighted by atomic mass is 9.96. The van der Waals surface area contributed by atoms with E-state index in [4.69, 9.17) is 9.47 Å². The Morgan fingerprint density at radius 2 is 2.25 bits per heavy atom. The molecule has 0 aromatic rings. The summed E-state index contributed by atoms with van der Waals surface area (Å²) in [6.07, 6.45) is 2.54. The Balaban J connectivity index is 2.14. The first-order chi connectivity index (χ1) is 7.76. The highest BCUT2D eigenvalue weighted by atomic mass is 16.7. The molecule has 0 spiro atoms. The number of carbonyl (C=O) groups is 1. The fraction of sp³-hybridized carbons (Fsp3) is 0.909. The van der Waals surface area contributed by atoms with Crippen molar-refractivity contribution in [1.29, 1.82) is 0 Å². The second-order valence-corrected chi connectivity index (χ2v) is 4.12. The van der Waals surface area contributed by atoms with Crippen molar-refractivity contribution in [3.8, 4) is 0 Å². The Morgan fingerprint density at radius 1 is 1.50 bits per heavy atom. The Morgan fingerprint density at radius 3 is 2.81 bits per heavy atom. The molecule has 1 fully saturated rings. The van der Waals surface area contributed by atoms with Crippen LogP contribution in [0.5, 0.6) is 0 Å². The van der Waals surface area contributed by atoms with Gasteiger partial charge in [-0.1, -0.05) is 0 Å². The van der Waals surface area contributed by atoms with E-state index >= 15 is 0 Å². The van der Waals surface area contributed by atoms with Crippen LogP contribution >= 0.6 is 0 Å². The number of rotatable bonds is 6. The third kappa shape index (κ3) is 4.92. The summed E-state index contributed by atoms with van der Waals surface area (Å²) in [5.74, 6) is 0.546. The van der Waals surface area contributed by atoms with Gasteiger partial charge in [0.1, 0.15) is 0 Å². The highest BCUT2D eigenvalue weighted by molar-refractivity contribution is 5.76. The van der Waals surface area contributed by atoms with E-state index in [1.807, 2.05) is 0 Å². The zero-order chi connectivity index (χ0) is 11.8. The minimum atomic E-state index is -0.353. The van der Waals surface area contributed by atoms with Gasteiger partial charge in [-0.15, -0.1) is 0 Å². The fourth-order valence-corrected chi connectivity index (χ4v) is 1.89. The van der Waals surface area contributed by atoms with Gasteiger partial charge in [-0.3, -0.25) is 4.79 Å². The van der Waals surface area contributed by atoms with E-state index in [2.05, 4.69) is 10.6 Å². The number of ether oxygens (including phenoxy) is 2. The maximum atomic E-state index is 11.6. The van der Waals surface area contributed by atoms with Gasteiger partial charge in [0.05, 0.1) is 6.54 Å². The molecule has 5 heteroatoms. The molecule has 1 amide bonds. The molecule has 1 saturated heterocycles. The first-order valence-electron chi connectivity index (χ1n) is 5.79. The van der Waals surface area contributed by atoms with Crippen molar-refractivity contribution in [1.82, 2.24) is 10.6 Å². The molecule has 5 nitrogen and oxygen atoms in total. The average Bonchev–Trinajstić information content (AvgIpc) is 2.31. The Hall–Kier alpha value is -0.650. The summed E-state index contributed by atoms with van der Waals surface area (Å²) in [5.41, 5.74) is 0. The van der Waals surface area contributed by atoms with Crippen LogP contribution in [0.4, 0.5) is 0 Å². The first kappa shape index (κ1) is 13.4. The minimum Gasteiger partial charge on any atom is -0.354 e. The normalized spacial score (nSPS) is 21.1. The predicted molar refractivity (Wildman–Crippen MR) is 61.0 cm³/mol. The van der Waals surface area contributed by atoms with Gasteiger partial charge >= 0.3 is 0 Å². The molecule has 0 bridgehead atoms. The van der Waals surface area contributed by atoms with Gasteiger partial charge in [-0.25, -0.2) is 0 Å². The summed E-state index contributed by atoms with van der Waals surface area (Å²) in [4.78, 5) is 11.6. The first-order valence-corrected chi connectivity index (χ1v) is 5.79. The third-order valence-electron chi connectivity index (χ3n) is 2.86. The maximum Gasteiger partial charge on any atom is 0.220 e. The topological polar surface area (TPSA) is 59.6 Å². The molecule has 1 atom stereocenters. The van der Waals surface area contributed by atoms with Crippen molar-refractivity contribution in [2.24, 2.45) is 5.92 Å². The number of carbonyl (C=O) groups excluding carboxylic acids is 1. The lowest BCUT2D eigenvalue weighted by Crippen LogP contribution is -2.37. The smallest absolute Gasteiger partial charge is 0.220 e. The van der Waals surface area contributed by atoms with E-state index in [-0.39, 0.29) is 12.2 Å². The lowest BCUT2D eigenvalue weighted by Gasteiger charge is -2.22. The highest BCUT2D eigenvalue weighted by Gasteiger charge is 2.17. The summed E-state index contributed by atoms with van der Waals surface area (Å²) < 4.78 is 9.98. The Bertz CT molecular complexity index is 201. The zero-order valence-corrected chi connectivity index (χ0v) is 10.1. The average molecular weight is 230 g/mol. The monoisotopic (exact) mass is 230 g/mol. The molecule has 2 N–H and O–H groups in total. The summed E-state index contributed by atoms with van der Waals surface area (Å²) in [6.45, 7) is 2.44. The molecule has 16 heavy (non-hydrogen) atoms. The van der Waals surface area contributed by atoms with Gasteiger partial charge in [-0.05, 0) is 31.8 Å². The van der Waals surface area contributed by atoms with E-state index in [0.29, 0.717) is 18.9 Å². The molecule has 1 heterocycles. The molecule has 1 aliphatic rings. The molecule has 1 unspecified atom stereocenters. The van der Waals surface area contributed by atoms with Crippen molar-refractivity contribution in [3.63, 3.8) is 0 Å². The van der Waals surface area contributed by atoms with Gasteiger partial charge < -0.3 is 20.1 Å². The molecule has 1 rings (SSSR count). The summed E-state index contributed by atoms with van der Waals surface area (Å²) in [6, 6.07) is 0. The lowest BCUT2D eigenvalue weighted by molar-refractivity contribution is -0.128. The molecular weight excluding hydrogens is 208 g/mol. The van der Waals surface area contributed by atoms with E-state index in [0.717, 1.165) is 25.9 Å². The van der Waals surface area contributed by atoms with Crippen LogP contribution in [-0.4, -0.2) is 46.1 Å². The third-order valence-corrected chi connectivity index (χ3v) is 2.86. The Kier molecular flexibility index (Phi) is 6.37. The van der Waals surface area contributed by atoms with Crippen LogP contribution in [0.2, 0.25) is 0 Å². The number of amides is 1. The van der Waals surface area contributed by atoms with Gasteiger partial charge in [0, 0.05) is 20.6 Å². The second-order valence-electron chi connectivity index (χ2n) is 4.12. The summed E-state index contributed by atoms with van der Waals surface area (Å²) >= 11 is 0. The van der Waals surface area contributed by atoms with Crippen molar-refractivity contribution in [3.05, 3.63) is 0 Å². The van der Waals surface area contributed by atoms with Crippen LogP contribution in [0.3, 0.4) is 0 Å². The van der Waals surface area contributed by atoms with Crippen LogP contribution < -0.4 is 10.6 Å². The van der Waals surface area contributed by atoms with E-state index in [1.54, 1.807) is 14.2 Å². The molecule has 0 radical (unpaired) electrons. The number of hydrogen-bond acceptors (Lipinski definition) is 4. The van der Waals surface area contributed by atoms with E-state index < -0.39 is 0 Å². The largest absolute Gasteiger partial charge is 0.354 e. The van der Waals surface area contributed by atoms with Crippen LogP contribution in [-0.2, 0) is 14.3 Å². The van der Waals surface area contributed by atoms with Crippen LogP contribution in [0.1, 0.15) is 19.3 Å². The molecule has 1 aliphatic heterocycles. The molecular formula is C11H22N2O3. The number of piperidine rings is 1. The standard InChI is InChI=1S/C11H22N2O3/c1-15-11(16-2)8-13-10(14)6-9-4-3-5-12-7-9/h9,11-12H,3-8H2,1-2H3,(H,13,14). The number of hydrogen-bond donors (Lipinski definition) is 2. The molecule has 0 saturated carbocycles. The van der Waals surface area contributed by atoms with Gasteiger partial charge in [0.2, 0.25) is 5.91 Å². The van der Waals surface area contributed by atoms with Crippen molar-refractivity contribution in [2.45, 2.75) is 25.6 Å². The molecule has 94 valence electrons. The number of methoxy groups -OCH3 is 2. The predicted octanol–water partition coefficient (Wildman–Crippen LogP) is 0.111. The van der Waals surface area contributed by atoms with Gasteiger partial charge in [0.25, 0.3) is 0 Å². The minimum absolute atomic E-state index is 0.0767. The van der Waals surface area contributed by atoms with Gasteiger partial charge in [0.15, 0.2) is 6.29 Å². The van der Waals surface area contributed by atoms with E-state index in [1.165, 1.54) is 0 Å². The fourth-order valence-electron chi connectivity index (χ4n) is 1.89. The number of nitrogens with one attached hydrogen (secondary N) is 2. The van der Waals surface area contributed by atoms with Gasteiger partial charge in [-0.2, -0.15) is 0 Å². The summed E-state index contributed by atoms with van der Waals surface area (Å²) in [7, 11) is 3.12. The molecule has 0 aliphatic carbocycles. The maximum absolute atomic E-state index is 11.6. The van der Waals surface area contributed by atoms with Crippen LogP contribution in [0, 0.1) is 5.92 Å². The van der Waals surface area contributed by atoms with E-state index in [9.17, 15) is 4.79 Å². The van der Waals surface area contributed by atoms with Crippen molar-refractivity contribution in [2.75, 3.05) is 33.9 Å². The molecule has 0 aromatic carbocycles. The second kappa shape index (κ2) is 7.60. The van der Waals surface area contributed by atoms with Crippen molar-refractivity contribution >= 4 is 5.91 Å².